The molecule has 0 amide bonds. The molecule has 1 heterocycles. The van der Waals surface area contributed by atoms with Crippen molar-refractivity contribution in [3.8, 4) is 0 Å². The molecule has 70 valence electrons. The summed E-state index contributed by atoms with van der Waals surface area (Å²) in [6.07, 6.45) is 6.50. The summed E-state index contributed by atoms with van der Waals surface area (Å²) >= 11 is 0. The fourth-order valence-corrected chi connectivity index (χ4v) is 1.78. The van der Waals surface area contributed by atoms with Crippen molar-refractivity contribution in [2.24, 2.45) is 10.9 Å². The van der Waals surface area contributed by atoms with Crippen molar-refractivity contribution in [1.29, 1.82) is 0 Å². The van der Waals surface area contributed by atoms with Crippen LogP contribution in [-0.2, 0) is 0 Å². The highest BCUT2D eigenvalue weighted by atomic mass is 14.8. The molecule has 0 radical (unpaired) electrons. The molecule has 0 saturated heterocycles. The van der Waals surface area contributed by atoms with E-state index < -0.39 is 0 Å². The second kappa shape index (κ2) is 4.64. The van der Waals surface area contributed by atoms with Gasteiger partial charge in [-0.1, -0.05) is 27.2 Å². The van der Waals surface area contributed by atoms with Gasteiger partial charge in [0, 0.05) is 11.8 Å². The van der Waals surface area contributed by atoms with Gasteiger partial charge in [0.2, 0.25) is 0 Å². The molecule has 0 aromatic rings. The highest BCUT2D eigenvalue weighted by molar-refractivity contribution is 5.86. The Morgan fingerprint density at radius 2 is 2.17 bits per heavy atom. The maximum Gasteiger partial charge on any atom is 0.0496 e. The van der Waals surface area contributed by atoms with Crippen molar-refractivity contribution in [1.82, 2.24) is 0 Å². The average molecular weight is 167 g/mol. The summed E-state index contributed by atoms with van der Waals surface area (Å²) < 4.78 is 0. The van der Waals surface area contributed by atoms with Crippen LogP contribution in [0.5, 0.6) is 0 Å². The van der Waals surface area contributed by atoms with Gasteiger partial charge in [-0.25, -0.2) is 0 Å². The zero-order valence-electron chi connectivity index (χ0n) is 8.64. The minimum Gasteiger partial charge on any atom is -0.291 e. The van der Waals surface area contributed by atoms with E-state index in [1.165, 1.54) is 37.8 Å². The Bertz CT molecular complexity index is 158. The third-order valence-electron chi connectivity index (χ3n) is 2.71. The van der Waals surface area contributed by atoms with Crippen molar-refractivity contribution < 1.29 is 0 Å². The number of aliphatic imine (C=N–C) groups is 1. The Balaban J connectivity index is 2.61. The Labute approximate surface area is 76.3 Å². The van der Waals surface area contributed by atoms with Crippen molar-refractivity contribution >= 4 is 5.71 Å². The van der Waals surface area contributed by atoms with Gasteiger partial charge >= 0.3 is 0 Å². The molecule has 12 heavy (non-hydrogen) atoms. The lowest BCUT2D eigenvalue weighted by molar-refractivity contribution is 0.575. The van der Waals surface area contributed by atoms with E-state index in [2.05, 4.69) is 20.8 Å². The molecule has 1 nitrogen and oxygen atoms in total. The van der Waals surface area contributed by atoms with Gasteiger partial charge in [0.25, 0.3) is 0 Å². The van der Waals surface area contributed by atoms with E-state index in [1.54, 1.807) is 0 Å². The fraction of sp³-hybridized carbons (Fsp3) is 0.909. The van der Waals surface area contributed by atoms with E-state index in [0.29, 0.717) is 12.0 Å². The van der Waals surface area contributed by atoms with Crippen LogP contribution in [-0.4, -0.2) is 11.8 Å². The number of hydrogen-bond donors (Lipinski definition) is 0. The molecule has 1 aliphatic rings. The SMILES string of the molecule is CCC1CCCCC(C(C)C)=N1. The predicted molar refractivity (Wildman–Crippen MR) is 54.8 cm³/mol. The van der Waals surface area contributed by atoms with Crippen LogP contribution in [0.15, 0.2) is 4.99 Å². The van der Waals surface area contributed by atoms with Crippen LogP contribution in [0.1, 0.15) is 52.9 Å². The van der Waals surface area contributed by atoms with Crippen LogP contribution in [0.2, 0.25) is 0 Å². The third kappa shape index (κ3) is 2.62. The van der Waals surface area contributed by atoms with Crippen LogP contribution < -0.4 is 0 Å². The smallest absolute Gasteiger partial charge is 0.0496 e. The van der Waals surface area contributed by atoms with Crippen molar-refractivity contribution in [2.45, 2.75) is 58.9 Å². The second-order valence-corrected chi connectivity index (χ2v) is 4.08. The van der Waals surface area contributed by atoms with Crippen LogP contribution in [0, 0.1) is 5.92 Å². The van der Waals surface area contributed by atoms with Gasteiger partial charge in [0.1, 0.15) is 0 Å². The average Bonchev–Trinajstić information content (AvgIpc) is 2.28. The normalized spacial score (nSPS) is 25.3. The zero-order chi connectivity index (χ0) is 8.97. The van der Waals surface area contributed by atoms with Gasteiger partial charge in [-0.15, -0.1) is 0 Å². The fourth-order valence-electron chi connectivity index (χ4n) is 1.78. The van der Waals surface area contributed by atoms with Gasteiger partial charge in [-0.3, -0.25) is 4.99 Å². The van der Waals surface area contributed by atoms with E-state index >= 15 is 0 Å². The molecule has 0 aliphatic carbocycles. The molecule has 0 fully saturated rings. The first-order chi connectivity index (χ1) is 5.74. The van der Waals surface area contributed by atoms with Crippen molar-refractivity contribution in [2.75, 3.05) is 0 Å². The summed E-state index contributed by atoms with van der Waals surface area (Å²) in [6.45, 7) is 6.77. The number of hydrogen-bond acceptors (Lipinski definition) is 1. The monoisotopic (exact) mass is 167 g/mol. The van der Waals surface area contributed by atoms with Gasteiger partial charge in [0.15, 0.2) is 0 Å². The topological polar surface area (TPSA) is 12.4 Å². The van der Waals surface area contributed by atoms with Crippen LogP contribution in [0.3, 0.4) is 0 Å². The Kier molecular flexibility index (Phi) is 3.77. The van der Waals surface area contributed by atoms with Gasteiger partial charge in [-0.05, 0) is 31.6 Å². The highest BCUT2D eigenvalue weighted by Gasteiger charge is 2.13. The van der Waals surface area contributed by atoms with E-state index in [1.807, 2.05) is 0 Å². The Morgan fingerprint density at radius 3 is 2.75 bits per heavy atom. The van der Waals surface area contributed by atoms with Crippen LogP contribution >= 0.6 is 0 Å². The van der Waals surface area contributed by atoms with Crippen molar-refractivity contribution in [3.63, 3.8) is 0 Å². The number of rotatable bonds is 2. The molecule has 0 N–H and O–H groups in total. The molecule has 0 aromatic heterocycles. The van der Waals surface area contributed by atoms with E-state index in [-0.39, 0.29) is 0 Å². The summed E-state index contributed by atoms with van der Waals surface area (Å²) in [7, 11) is 0. The minimum absolute atomic E-state index is 0.630. The molecule has 0 spiro atoms. The third-order valence-corrected chi connectivity index (χ3v) is 2.71. The lowest BCUT2D eigenvalue weighted by Gasteiger charge is -2.10. The quantitative estimate of drug-likeness (QED) is 0.597. The summed E-state index contributed by atoms with van der Waals surface area (Å²) in [4.78, 5) is 4.81. The lowest BCUT2D eigenvalue weighted by atomic mass is 10.0. The van der Waals surface area contributed by atoms with Crippen LogP contribution in [0.4, 0.5) is 0 Å². The standard InChI is InChI=1S/C11H21N/c1-4-10-7-5-6-8-11(12-10)9(2)3/h9-10H,4-8H2,1-3H3. The second-order valence-electron chi connectivity index (χ2n) is 4.08. The summed E-state index contributed by atoms with van der Waals surface area (Å²) in [6, 6.07) is 0.630. The lowest BCUT2D eigenvalue weighted by Crippen LogP contribution is -2.10. The largest absolute Gasteiger partial charge is 0.291 e. The summed E-state index contributed by atoms with van der Waals surface area (Å²) in [5.41, 5.74) is 1.46. The first-order valence-corrected chi connectivity index (χ1v) is 5.30. The van der Waals surface area contributed by atoms with E-state index in [9.17, 15) is 0 Å². The maximum absolute atomic E-state index is 4.81. The first-order valence-electron chi connectivity index (χ1n) is 5.30. The molecule has 0 aromatic carbocycles. The van der Waals surface area contributed by atoms with E-state index in [4.69, 9.17) is 4.99 Å². The molecule has 1 unspecified atom stereocenters. The highest BCUT2D eigenvalue weighted by Crippen LogP contribution is 2.18. The van der Waals surface area contributed by atoms with Gasteiger partial charge < -0.3 is 0 Å². The molecule has 1 rings (SSSR count). The first kappa shape index (κ1) is 9.76. The molecule has 0 bridgehead atoms. The summed E-state index contributed by atoms with van der Waals surface area (Å²) in [5.74, 6) is 0.664. The Morgan fingerprint density at radius 1 is 1.42 bits per heavy atom. The summed E-state index contributed by atoms with van der Waals surface area (Å²) in [5, 5.41) is 0. The maximum atomic E-state index is 4.81. The Hall–Kier alpha value is -0.330. The number of nitrogens with zero attached hydrogens (tertiary/aromatic N) is 1. The molecule has 1 heteroatoms. The van der Waals surface area contributed by atoms with Crippen molar-refractivity contribution in [3.05, 3.63) is 0 Å². The minimum atomic E-state index is 0.630. The zero-order valence-corrected chi connectivity index (χ0v) is 8.64. The van der Waals surface area contributed by atoms with Gasteiger partial charge in [0.05, 0.1) is 0 Å². The molecule has 1 atom stereocenters. The van der Waals surface area contributed by atoms with Crippen LogP contribution in [0.25, 0.3) is 0 Å². The predicted octanol–water partition coefficient (Wildman–Crippen LogP) is 3.44. The van der Waals surface area contributed by atoms with E-state index in [0.717, 1.165) is 0 Å². The molecular formula is C11H21N. The van der Waals surface area contributed by atoms with Gasteiger partial charge in [-0.2, -0.15) is 0 Å². The molecule has 1 aliphatic heterocycles. The molecule has 0 saturated carbocycles. The molecular weight excluding hydrogens is 146 g/mol.